The van der Waals surface area contributed by atoms with Crippen molar-refractivity contribution < 1.29 is 4.74 Å². The van der Waals surface area contributed by atoms with Crippen LogP contribution in [0, 0.1) is 0 Å². The molecule has 0 bridgehead atoms. The molecule has 1 aromatic carbocycles. The fourth-order valence-electron chi connectivity index (χ4n) is 2.05. The summed E-state index contributed by atoms with van der Waals surface area (Å²) in [6.07, 6.45) is 4.61. The second-order valence-electron chi connectivity index (χ2n) is 4.84. The molecule has 2 aromatic rings. The Balaban J connectivity index is 1.62. The molecule has 1 saturated carbocycles. The molecule has 1 aliphatic carbocycles. The van der Waals surface area contributed by atoms with Crippen LogP contribution in [-0.4, -0.2) is 12.1 Å². The van der Waals surface area contributed by atoms with Crippen LogP contribution in [0.2, 0.25) is 0 Å². The van der Waals surface area contributed by atoms with Crippen molar-refractivity contribution in [3.63, 3.8) is 0 Å². The first-order valence-corrected chi connectivity index (χ1v) is 7.55. The highest BCUT2D eigenvalue weighted by molar-refractivity contribution is 7.98. The average Bonchev–Trinajstić information content (AvgIpc) is 3.31. The molecule has 0 atom stereocenters. The number of pyridine rings is 1. The molecule has 98 valence electrons. The number of hydrogen-bond donors (Lipinski definition) is 0. The predicted octanol–water partition coefficient (Wildman–Crippen LogP) is 4.26. The van der Waals surface area contributed by atoms with Gasteiger partial charge in [0.1, 0.15) is 5.75 Å². The van der Waals surface area contributed by atoms with E-state index in [2.05, 4.69) is 29.2 Å². The molecule has 3 heteroatoms. The van der Waals surface area contributed by atoms with E-state index >= 15 is 0 Å². The van der Waals surface area contributed by atoms with E-state index < -0.39 is 0 Å². The standard InChI is InChI=1S/C16H17NOS/c1-18-15-6-2-12(3-7-15)11-19-16-10-14(8-9-17-16)13-4-5-13/h2-3,6-10,13H,4-5,11H2,1H3. The smallest absolute Gasteiger partial charge is 0.118 e. The van der Waals surface area contributed by atoms with Crippen LogP contribution in [0.1, 0.15) is 29.9 Å². The van der Waals surface area contributed by atoms with E-state index in [1.807, 2.05) is 18.3 Å². The third-order valence-electron chi connectivity index (χ3n) is 3.35. The van der Waals surface area contributed by atoms with E-state index in [0.29, 0.717) is 0 Å². The van der Waals surface area contributed by atoms with Gasteiger partial charge in [0.05, 0.1) is 12.1 Å². The Morgan fingerprint density at radius 3 is 2.68 bits per heavy atom. The van der Waals surface area contributed by atoms with Crippen LogP contribution in [0.3, 0.4) is 0 Å². The van der Waals surface area contributed by atoms with Crippen molar-refractivity contribution in [3.8, 4) is 5.75 Å². The van der Waals surface area contributed by atoms with Crippen molar-refractivity contribution in [1.82, 2.24) is 4.98 Å². The molecule has 19 heavy (non-hydrogen) atoms. The molecule has 1 fully saturated rings. The van der Waals surface area contributed by atoms with Gasteiger partial charge in [-0.3, -0.25) is 0 Å². The molecule has 1 aromatic heterocycles. The molecule has 0 N–H and O–H groups in total. The number of benzene rings is 1. The Labute approximate surface area is 118 Å². The molecule has 0 amide bonds. The predicted molar refractivity (Wildman–Crippen MR) is 78.8 cm³/mol. The Morgan fingerprint density at radius 1 is 1.21 bits per heavy atom. The maximum absolute atomic E-state index is 5.16. The van der Waals surface area contributed by atoms with Gasteiger partial charge in [-0.05, 0) is 54.2 Å². The van der Waals surface area contributed by atoms with Crippen LogP contribution in [-0.2, 0) is 5.75 Å². The van der Waals surface area contributed by atoms with E-state index in [0.717, 1.165) is 22.4 Å². The quantitative estimate of drug-likeness (QED) is 0.759. The van der Waals surface area contributed by atoms with Gasteiger partial charge in [-0.25, -0.2) is 4.98 Å². The first kappa shape index (κ1) is 12.5. The highest BCUT2D eigenvalue weighted by Gasteiger charge is 2.23. The second kappa shape index (κ2) is 5.66. The van der Waals surface area contributed by atoms with Crippen molar-refractivity contribution in [2.45, 2.75) is 29.5 Å². The van der Waals surface area contributed by atoms with Crippen LogP contribution in [0.4, 0.5) is 0 Å². The lowest BCUT2D eigenvalue weighted by atomic mass is 10.2. The molecule has 1 aliphatic rings. The van der Waals surface area contributed by atoms with Crippen LogP contribution in [0.15, 0.2) is 47.6 Å². The van der Waals surface area contributed by atoms with Gasteiger partial charge >= 0.3 is 0 Å². The lowest BCUT2D eigenvalue weighted by molar-refractivity contribution is 0.414. The van der Waals surface area contributed by atoms with Crippen LogP contribution in [0.25, 0.3) is 0 Å². The summed E-state index contributed by atoms with van der Waals surface area (Å²) in [4.78, 5) is 4.44. The van der Waals surface area contributed by atoms with Crippen molar-refractivity contribution in [1.29, 1.82) is 0 Å². The zero-order valence-corrected chi connectivity index (χ0v) is 11.8. The fourth-order valence-corrected chi connectivity index (χ4v) is 2.92. The van der Waals surface area contributed by atoms with Crippen molar-refractivity contribution >= 4 is 11.8 Å². The van der Waals surface area contributed by atoms with Crippen molar-refractivity contribution in [3.05, 3.63) is 53.7 Å². The Hall–Kier alpha value is -1.48. The topological polar surface area (TPSA) is 22.1 Å². The Morgan fingerprint density at radius 2 is 2.00 bits per heavy atom. The first-order valence-electron chi connectivity index (χ1n) is 6.57. The number of thioether (sulfide) groups is 1. The number of nitrogens with zero attached hydrogens (tertiary/aromatic N) is 1. The number of ether oxygens (including phenoxy) is 1. The summed E-state index contributed by atoms with van der Waals surface area (Å²) in [6, 6.07) is 12.6. The van der Waals surface area contributed by atoms with Gasteiger partial charge in [0.2, 0.25) is 0 Å². The molecule has 3 rings (SSSR count). The first-order chi connectivity index (χ1) is 9.35. The minimum atomic E-state index is 0.795. The zero-order chi connectivity index (χ0) is 13.1. The maximum atomic E-state index is 5.16. The second-order valence-corrected chi connectivity index (χ2v) is 5.83. The highest BCUT2D eigenvalue weighted by Crippen LogP contribution is 2.40. The molecular weight excluding hydrogens is 254 g/mol. The maximum Gasteiger partial charge on any atom is 0.118 e. The zero-order valence-electron chi connectivity index (χ0n) is 11.0. The summed E-state index contributed by atoms with van der Waals surface area (Å²) in [7, 11) is 1.69. The third-order valence-corrected chi connectivity index (χ3v) is 4.35. The highest BCUT2D eigenvalue weighted by atomic mass is 32.2. The Kier molecular flexibility index (Phi) is 3.74. The summed E-state index contributed by atoms with van der Waals surface area (Å²) in [5.74, 6) is 2.65. The van der Waals surface area contributed by atoms with Crippen LogP contribution < -0.4 is 4.74 Å². The van der Waals surface area contributed by atoms with Crippen LogP contribution in [0.5, 0.6) is 5.75 Å². The number of methoxy groups -OCH3 is 1. The van der Waals surface area contributed by atoms with E-state index in [1.54, 1.807) is 18.9 Å². The number of aromatic nitrogens is 1. The van der Waals surface area contributed by atoms with E-state index in [4.69, 9.17) is 4.74 Å². The normalized spacial score (nSPS) is 14.4. The summed E-state index contributed by atoms with van der Waals surface area (Å²) >= 11 is 1.79. The SMILES string of the molecule is COc1ccc(CSc2cc(C3CC3)ccn2)cc1. The monoisotopic (exact) mass is 271 g/mol. The summed E-state index contributed by atoms with van der Waals surface area (Å²) in [6.45, 7) is 0. The average molecular weight is 271 g/mol. The number of rotatable bonds is 5. The lowest BCUT2D eigenvalue weighted by Crippen LogP contribution is -1.87. The molecule has 0 saturated heterocycles. The fraction of sp³-hybridized carbons (Fsp3) is 0.312. The van der Waals surface area contributed by atoms with Gasteiger partial charge in [-0.15, -0.1) is 11.8 Å². The summed E-state index contributed by atoms with van der Waals surface area (Å²) in [5.41, 5.74) is 2.75. The molecule has 0 radical (unpaired) electrons. The van der Waals surface area contributed by atoms with E-state index in [9.17, 15) is 0 Å². The molecule has 0 unspecified atom stereocenters. The van der Waals surface area contributed by atoms with Gasteiger partial charge in [0, 0.05) is 11.9 Å². The summed E-state index contributed by atoms with van der Waals surface area (Å²) < 4.78 is 5.16. The summed E-state index contributed by atoms with van der Waals surface area (Å²) in [5, 5.41) is 1.13. The van der Waals surface area contributed by atoms with Crippen molar-refractivity contribution in [2.24, 2.45) is 0 Å². The molecule has 1 heterocycles. The van der Waals surface area contributed by atoms with Crippen molar-refractivity contribution in [2.75, 3.05) is 7.11 Å². The van der Waals surface area contributed by atoms with Gasteiger partial charge in [0.15, 0.2) is 0 Å². The van der Waals surface area contributed by atoms with Gasteiger partial charge in [-0.1, -0.05) is 12.1 Å². The molecular formula is C16H17NOS. The number of hydrogen-bond acceptors (Lipinski definition) is 3. The van der Waals surface area contributed by atoms with Gasteiger partial charge < -0.3 is 4.74 Å². The van der Waals surface area contributed by atoms with Crippen LogP contribution >= 0.6 is 11.8 Å². The lowest BCUT2D eigenvalue weighted by Gasteiger charge is -2.05. The largest absolute Gasteiger partial charge is 0.497 e. The molecule has 0 aliphatic heterocycles. The molecule has 2 nitrogen and oxygen atoms in total. The minimum Gasteiger partial charge on any atom is -0.497 e. The third kappa shape index (κ3) is 3.29. The minimum absolute atomic E-state index is 0.795. The molecule has 0 spiro atoms. The Bertz CT molecular complexity index is 549. The van der Waals surface area contributed by atoms with E-state index in [1.165, 1.54) is 24.0 Å². The van der Waals surface area contributed by atoms with Gasteiger partial charge in [-0.2, -0.15) is 0 Å². The van der Waals surface area contributed by atoms with Gasteiger partial charge in [0.25, 0.3) is 0 Å². The van der Waals surface area contributed by atoms with E-state index in [-0.39, 0.29) is 0 Å².